The zero-order valence-electron chi connectivity index (χ0n) is 17.8. The summed E-state index contributed by atoms with van der Waals surface area (Å²) in [7, 11) is 4.13. The predicted molar refractivity (Wildman–Crippen MR) is 124 cm³/mol. The average molecular weight is 476 g/mol. The van der Waals surface area contributed by atoms with Gasteiger partial charge in [-0.1, -0.05) is 6.07 Å². The highest BCUT2D eigenvalue weighted by molar-refractivity contribution is 9.10. The van der Waals surface area contributed by atoms with Crippen LogP contribution in [0, 0.1) is 5.82 Å². The third-order valence-corrected chi connectivity index (χ3v) is 6.83. The molecule has 0 atom stereocenters. The van der Waals surface area contributed by atoms with Gasteiger partial charge in [-0.05, 0) is 85.0 Å². The van der Waals surface area contributed by atoms with Crippen molar-refractivity contribution in [2.75, 3.05) is 24.3 Å². The van der Waals surface area contributed by atoms with Gasteiger partial charge in [0.1, 0.15) is 11.6 Å². The van der Waals surface area contributed by atoms with Crippen molar-refractivity contribution in [3.8, 4) is 0 Å². The summed E-state index contributed by atoms with van der Waals surface area (Å²) < 4.78 is 13.9. The maximum atomic E-state index is 13.4. The second-order valence-corrected chi connectivity index (χ2v) is 9.57. The first-order chi connectivity index (χ1) is 14.5. The Bertz CT molecular complexity index is 880. The van der Waals surface area contributed by atoms with Crippen LogP contribution in [0.1, 0.15) is 55.3 Å². The number of anilines is 2. The van der Waals surface area contributed by atoms with Gasteiger partial charge in [-0.25, -0.2) is 9.37 Å². The fraction of sp³-hybridized carbons (Fsp3) is 0.565. The molecule has 7 heteroatoms. The number of nitrogens with one attached hydrogen (secondary N) is 2. The number of benzene rings is 1. The minimum atomic E-state index is -0.216. The van der Waals surface area contributed by atoms with Crippen molar-refractivity contribution in [1.82, 2.24) is 15.3 Å². The summed E-state index contributed by atoms with van der Waals surface area (Å²) in [5, 5.41) is 7.23. The molecule has 5 nitrogen and oxygen atoms in total. The highest BCUT2D eigenvalue weighted by Crippen LogP contribution is 2.29. The van der Waals surface area contributed by atoms with Crippen molar-refractivity contribution in [3.05, 3.63) is 45.3 Å². The van der Waals surface area contributed by atoms with Gasteiger partial charge in [0.05, 0.1) is 10.2 Å². The molecule has 1 heterocycles. The Morgan fingerprint density at radius 1 is 1.07 bits per heavy atom. The number of hydrogen-bond acceptors (Lipinski definition) is 5. The first-order valence-corrected chi connectivity index (χ1v) is 11.8. The third-order valence-electron chi connectivity index (χ3n) is 6.22. The lowest BCUT2D eigenvalue weighted by molar-refractivity contribution is 0.352. The summed E-state index contributed by atoms with van der Waals surface area (Å²) in [4.78, 5) is 11.8. The van der Waals surface area contributed by atoms with Crippen LogP contribution in [-0.2, 0) is 19.4 Å². The molecule has 1 aromatic heterocycles. The molecule has 2 aliphatic carbocycles. The van der Waals surface area contributed by atoms with E-state index < -0.39 is 0 Å². The van der Waals surface area contributed by atoms with E-state index in [-0.39, 0.29) is 5.82 Å². The van der Waals surface area contributed by atoms with Crippen molar-refractivity contribution in [2.24, 2.45) is 0 Å². The quantitative estimate of drug-likeness (QED) is 0.625. The van der Waals surface area contributed by atoms with Gasteiger partial charge in [0.25, 0.3) is 0 Å². The first-order valence-electron chi connectivity index (χ1n) is 11.0. The molecule has 0 spiro atoms. The molecule has 0 amide bonds. The van der Waals surface area contributed by atoms with E-state index in [0.717, 1.165) is 62.4 Å². The van der Waals surface area contributed by atoms with E-state index in [9.17, 15) is 4.39 Å². The Labute approximate surface area is 187 Å². The second-order valence-electron chi connectivity index (χ2n) is 8.72. The summed E-state index contributed by atoms with van der Waals surface area (Å²) in [5.41, 5.74) is 3.66. The largest absolute Gasteiger partial charge is 0.362 e. The number of nitrogens with zero attached hydrogens (tertiary/aromatic N) is 3. The molecule has 2 aliphatic rings. The van der Waals surface area contributed by atoms with Crippen LogP contribution in [0.15, 0.2) is 22.7 Å². The first kappa shape index (κ1) is 21.5. The smallest absolute Gasteiger partial charge is 0.225 e. The SMILES string of the molecule is CN(C)c1nc(NC2CCC(NCc3ccc(F)c(Br)c3)CC2)nc2c1CCCC2. The maximum Gasteiger partial charge on any atom is 0.225 e. The van der Waals surface area contributed by atoms with Crippen LogP contribution in [0.4, 0.5) is 16.2 Å². The highest BCUT2D eigenvalue weighted by Gasteiger charge is 2.24. The Hall–Kier alpha value is -1.73. The number of aromatic nitrogens is 2. The van der Waals surface area contributed by atoms with E-state index >= 15 is 0 Å². The van der Waals surface area contributed by atoms with Crippen molar-refractivity contribution in [1.29, 1.82) is 0 Å². The van der Waals surface area contributed by atoms with E-state index in [1.165, 1.54) is 30.2 Å². The van der Waals surface area contributed by atoms with Crippen LogP contribution < -0.4 is 15.5 Å². The van der Waals surface area contributed by atoms with Crippen LogP contribution >= 0.6 is 15.9 Å². The predicted octanol–water partition coefficient (Wildman–Crippen LogP) is 4.84. The van der Waals surface area contributed by atoms with Gasteiger partial charge in [-0.3, -0.25) is 0 Å². The number of halogens is 2. The van der Waals surface area contributed by atoms with Crippen molar-refractivity contribution >= 4 is 27.7 Å². The summed E-state index contributed by atoms with van der Waals surface area (Å²) in [6, 6.07) is 6.12. The van der Waals surface area contributed by atoms with Gasteiger partial charge >= 0.3 is 0 Å². The summed E-state index contributed by atoms with van der Waals surface area (Å²) in [5.74, 6) is 1.64. The third kappa shape index (κ3) is 5.11. The van der Waals surface area contributed by atoms with Gasteiger partial charge in [-0.2, -0.15) is 4.98 Å². The normalized spacial score (nSPS) is 21.2. The Kier molecular flexibility index (Phi) is 6.88. The molecule has 1 fully saturated rings. The number of fused-ring (bicyclic) bond motifs is 1. The lowest BCUT2D eigenvalue weighted by atomic mass is 9.91. The van der Waals surface area contributed by atoms with Gasteiger partial charge in [0.2, 0.25) is 5.95 Å². The molecule has 2 aromatic rings. The molecule has 0 aliphatic heterocycles. The number of rotatable bonds is 6. The summed E-state index contributed by atoms with van der Waals surface area (Å²) in [6.07, 6.45) is 9.03. The molecule has 162 valence electrons. The van der Waals surface area contributed by atoms with E-state index in [2.05, 4.69) is 45.6 Å². The van der Waals surface area contributed by atoms with Crippen LogP contribution in [0.3, 0.4) is 0 Å². The molecule has 0 radical (unpaired) electrons. The van der Waals surface area contributed by atoms with E-state index in [0.29, 0.717) is 16.6 Å². The molecular formula is C23H31BrFN5. The fourth-order valence-electron chi connectivity index (χ4n) is 4.54. The summed E-state index contributed by atoms with van der Waals surface area (Å²) >= 11 is 3.26. The minimum absolute atomic E-state index is 0.216. The second kappa shape index (κ2) is 9.60. The molecule has 1 aromatic carbocycles. The molecule has 4 rings (SSSR count). The minimum Gasteiger partial charge on any atom is -0.362 e. The fourth-order valence-corrected chi connectivity index (χ4v) is 4.97. The van der Waals surface area contributed by atoms with Crippen molar-refractivity contribution < 1.29 is 4.39 Å². The lowest BCUT2D eigenvalue weighted by Gasteiger charge is -2.30. The highest BCUT2D eigenvalue weighted by atomic mass is 79.9. The van der Waals surface area contributed by atoms with Crippen molar-refractivity contribution in [2.45, 2.75) is 70.0 Å². The topological polar surface area (TPSA) is 53.1 Å². The monoisotopic (exact) mass is 475 g/mol. The van der Waals surface area contributed by atoms with Gasteiger partial charge in [0, 0.05) is 38.3 Å². The Morgan fingerprint density at radius 3 is 2.53 bits per heavy atom. The average Bonchev–Trinajstić information content (AvgIpc) is 2.75. The molecule has 30 heavy (non-hydrogen) atoms. The van der Waals surface area contributed by atoms with Crippen LogP contribution in [0.25, 0.3) is 0 Å². The molecule has 1 saturated carbocycles. The van der Waals surface area contributed by atoms with E-state index in [1.807, 2.05) is 12.1 Å². The molecule has 0 bridgehead atoms. The zero-order valence-corrected chi connectivity index (χ0v) is 19.4. The van der Waals surface area contributed by atoms with Crippen LogP contribution in [0.2, 0.25) is 0 Å². The van der Waals surface area contributed by atoms with Gasteiger partial charge in [0.15, 0.2) is 0 Å². The van der Waals surface area contributed by atoms with Gasteiger partial charge < -0.3 is 15.5 Å². The Morgan fingerprint density at radius 2 is 1.80 bits per heavy atom. The number of aryl methyl sites for hydroxylation is 1. The molecule has 0 saturated heterocycles. The van der Waals surface area contributed by atoms with Gasteiger partial charge in [-0.15, -0.1) is 0 Å². The standard InChI is InChI=1S/C23H31BrFN5/c1-30(2)22-18-5-3-4-6-21(18)28-23(29-22)27-17-10-8-16(9-11-17)26-14-15-7-12-20(25)19(24)13-15/h7,12-13,16-17,26H,3-6,8-11,14H2,1-2H3,(H,27,28,29). The van der Waals surface area contributed by atoms with Crippen LogP contribution in [-0.4, -0.2) is 36.1 Å². The zero-order chi connectivity index (χ0) is 21.1. The van der Waals surface area contributed by atoms with E-state index in [1.54, 1.807) is 0 Å². The molecule has 2 N–H and O–H groups in total. The summed E-state index contributed by atoms with van der Waals surface area (Å²) in [6.45, 7) is 0.766. The molecular weight excluding hydrogens is 445 g/mol. The van der Waals surface area contributed by atoms with Crippen molar-refractivity contribution in [3.63, 3.8) is 0 Å². The number of hydrogen-bond donors (Lipinski definition) is 2. The Balaban J connectivity index is 1.31. The maximum absolute atomic E-state index is 13.4. The molecule has 0 unspecified atom stereocenters. The van der Waals surface area contributed by atoms with Crippen LogP contribution in [0.5, 0.6) is 0 Å². The lowest BCUT2D eigenvalue weighted by Crippen LogP contribution is -2.37. The van der Waals surface area contributed by atoms with E-state index in [4.69, 9.17) is 9.97 Å².